The van der Waals surface area contributed by atoms with E-state index >= 15 is 0 Å². The Labute approximate surface area is 210 Å². The van der Waals surface area contributed by atoms with Gasteiger partial charge < -0.3 is 9.47 Å². The van der Waals surface area contributed by atoms with Crippen molar-refractivity contribution in [1.82, 2.24) is 0 Å². The Kier molecular flexibility index (Phi) is 5.45. The molecule has 0 fully saturated rings. The lowest BCUT2D eigenvalue weighted by atomic mass is 9.59. The molecule has 3 aliphatic rings. The van der Waals surface area contributed by atoms with Crippen molar-refractivity contribution < 1.29 is 19.1 Å². The zero-order chi connectivity index (χ0) is 24.8. The third-order valence-electron chi connectivity index (χ3n) is 7.49. The maximum Gasteiger partial charge on any atom is 0.338 e. The van der Waals surface area contributed by atoms with E-state index in [1.165, 1.54) is 11.1 Å². The van der Waals surface area contributed by atoms with Crippen LogP contribution < -0.4 is 0 Å². The third kappa shape index (κ3) is 3.53. The van der Waals surface area contributed by atoms with Gasteiger partial charge in [-0.05, 0) is 71.5 Å². The molecule has 36 heavy (non-hydrogen) atoms. The van der Waals surface area contributed by atoms with Crippen molar-refractivity contribution in [3.63, 3.8) is 0 Å². The monoisotopic (exact) mass is 474 g/mol. The lowest BCUT2D eigenvalue weighted by Crippen LogP contribution is -2.51. The number of benzene rings is 4. The summed E-state index contributed by atoms with van der Waals surface area (Å²) in [5.41, 5.74) is 7.84. The molecule has 4 heteroatoms. The molecule has 4 aromatic carbocycles. The van der Waals surface area contributed by atoms with Gasteiger partial charge in [0.05, 0.1) is 23.0 Å². The molecule has 7 rings (SSSR count). The first-order chi connectivity index (χ1) is 17.5. The predicted octanol–water partition coefficient (Wildman–Crippen LogP) is 6.35. The van der Waals surface area contributed by atoms with Gasteiger partial charge in [0.1, 0.15) is 0 Å². The molecule has 178 valence electrons. The Bertz CT molecular complexity index is 1400. The van der Waals surface area contributed by atoms with Crippen LogP contribution in [0.3, 0.4) is 0 Å². The largest absolute Gasteiger partial charge is 0.454 e. The highest BCUT2D eigenvalue weighted by atomic mass is 16.6. The van der Waals surface area contributed by atoms with Crippen molar-refractivity contribution in [3.05, 3.63) is 142 Å². The number of hydrogen-bond acceptors (Lipinski definition) is 4. The third-order valence-corrected chi connectivity index (χ3v) is 7.49. The highest BCUT2D eigenvalue weighted by molar-refractivity contribution is 5.91. The molecule has 2 bridgehead atoms. The van der Waals surface area contributed by atoms with Crippen LogP contribution in [0, 0.1) is 13.8 Å². The van der Waals surface area contributed by atoms with Crippen LogP contribution in [0.4, 0.5) is 0 Å². The molecule has 0 N–H and O–H groups in total. The minimum atomic E-state index is -0.655. The molecule has 0 saturated heterocycles. The van der Waals surface area contributed by atoms with E-state index in [-0.39, 0.29) is 11.8 Å². The first kappa shape index (κ1) is 22.3. The molecule has 0 radical (unpaired) electrons. The van der Waals surface area contributed by atoms with E-state index in [1.54, 1.807) is 24.3 Å². The Balaban J connectivity index is 1.51. The number of hydrogen-bond donors (Lipinski definition) is 0. The topological polar surface area (TPSA) is 52.6 Å². The number of fused-ring (bicyclic) bond motifs is 1. The summed E-state index contributed by atoms with van der Waals surface area (Å²) in [5.74, 6) is -1.30. The number of carbonyl (C=O) groups is 2. The van der Waals surface area contributed by atoms with Crippen LogP contribution in [0.15, 0.2) is 97.1 Å². The minimum Gasteiger partial charge on any atom is -0.454 e. The van der Waals surface area contributed by atoms with Crippen molar-refractivity contribution in [1.29, 1.82) is 0 Å². The highest BCUT2D eigenvalue weighted by Crippen LogP contribution is 2.56. The van der Waals surface area contributed by atoms with E-state index in [4.69, 9.17) is 9.47 Å². The number of aryl methyl sites for hydroxylation is 2. The molecule has 2 unspecified atom stereocenters. The van der Waals surface area contributed by atoms with Gasteiger partial charge in [0, 0.05) is 0 Å². The lowest BCUT2D eigenvalue weighted by Gasteiger charge is -2.50. The van der Waals surface area contributed by atoms with Crippen molar-refractivity contribution in [3.8, 4) is 0 Å². The summed E-state index contributed by atoms with van der Waals surface area (Å²) in [4.78, 5) is 26.6. The van der Waals surface area contributed by atoms with Gasteiger partial charge in [0.15, 0.2) is 12.2 Å². The average molecular weight is 475 g/mol. The number of rotatable bonds is 4. The molecule has 0 heterocycles. The van der Waals surface area contributed by atoms with E-state index in [2.05, 4.69) is 38.1 Å². The second-order valence-corrected chi connectivity index (χ2v) is 9.58. The highest BCUT2D eigenvalue weighted by Gasteiger charge is 2.54. The summed E-state index contributed by atoms with van der Waals surface area (Å²) in [7, 11) is 0. The van der Waals surface area contributed by atoms with E-state index < -0.39 is 24.1 Å². The minimum absolute atomic E-state index is 0.233. The Morgan fingerprint density at radius 2 is 0.944 bits per heavy atom. The molecule has 0 spiro atoms. The number of esters is 2. The molecule has 0 saturated carbocycles. The summed E-state index contributed by atoms with van der Waals surface area (Å²) >= 11 is 0. The van der Waals surface area contributed by atoms with Crippen LogP contribution in [0.1, 0.15) is 65.9 Å². The van der Waals surface area contributed by atoms with Gasteiger partial charge in [-0.25, -0.2) is 9.59 Å². The Morgan fingerprint density at radius 1 is 0.528 bits per heavy atom. The fourth-order valence-corrected chi connectivity index (χ4v) is 5.97. The van der Waals surface area contributed by atoms with E-state index in [9.17, 15) is 9.59 Å². The van der Waals surface area contributed by atoms with Crippen LogP contribution in [-0.2, 0) is 9.47 Å². The molecule has 2 atom stereocenters. The van der Waals surface area contributed by atoms with Gasteiger partial charge in [0.2, 0.25) is 0 Å². The van der Waals surface area contributed by atoms with Gasteiger partial charge in [-0.3, -0.25) is 0 Å². The van der Waals surface area contributed by atoms with Gasteiger partial charge in [-0.15, -0.1) is 0 Å². The molecule has 0 aliphatic heterocycles. The molecular formula is C32H26O4. The fourth-order valence-electron chi connectivity index (χ4n) is 5.97. The zero-order valence-electron chi connectivity index (χ0n) is 20.2. The van der Waals surface area contributed by atoms with Crippen LogP contribution in [-0.4, -0.2) is 24.1 Å². The fraction of sp³-hybridized carbons (Fsp3) is 0.188. The normalized spacial score (nSPS) is 21.3. The lowest BCUT2D eigenvalue weighted by molar-refractivity contribution is -0.0559. The summed E-state index contributed by atoms with van der Waals surface area (Å²) in [6.07, 6.45) is -1.31. The van der Waals surface area contributed by atoms with E-state index in [1.807, 2.05) is 48.5 Å². The van der Waals surface area contributed by atoms with E-state index in [0.29, 0.717) is 11.1 Å². The Hall–Kier alpha value is -4.18. The second kappa shape index (κ2) is 8.80. The van der Waals surface area contributed by atoms with Gasteiger partial charge >= 0.3 is 11.9 Å². The van der Waals surface area contributed by atoms with Crippen LogP contribution in [0.25, 0.3) is 0 Å². The Morgan fingerprint density at radius 3 is 1.39 bits per heavy atom. The quantitative estimate of drug-likeness (QED) is 0.324. The van der Waals surface area contributed by atoms with Crippen LogP contribution >= 0.6 is 0 Å². The van der Waals surface area contributed by atoms with Crippen molar-refractivity contribution >= 4 is 11.9 Å². The molecule has 0 aromatic heterocycles. The maximum atomic E-state index is 13.3. The SMILES string of the molecule is Cc1cccc2c1C1c3c(C)cccc3C2C(OC(=O)c2ccccc2)C1OC(=O)c1ccccc1. The molecular weight excluding hydrogens is 448 g/mol. The summed E-state index contributed by atoms with van der Waals surface area (Å²) < 4.78 is 12.5. The summed E-state index contributed by atoms with van der Waals surface area (Å²) in [6.45, 7) is 4.19. The number of carbonyl (C=O) groups excluding carboxylic acids is 2. The predicted molar refractivity (Wildman–Crippen MR) is 137 cm³/mol. The molecule has 4 nitrogen and oxygen atoms in total. The zero-order valence-corrected chi connectivity index (χ0v) is 20.2. The van der Waals surface area contributed by atoms with Gasteiger partial charge in [-0.2, -0.15) is 0 Å². The summed E-state index contributed by atoms with van der Waals surface area (Å²) in [5, 5.41) is 0. The molecule has 4 aromatic rings. The summed E-state index contributed by atoms with van der Waals surface area (Å²) in [6, 6.07) is 30.5. The van der Waals surface area contributed by atoms with Crippen molar-refractivity contribution in [2.75, 3.05) is 0 Å². The van der Waals surface area contributed by atoms with E-state index in [0.717, 1.165) is 22.3 Å². The first-order valence-corrected chi connectivity index (χ1v) is 12.3. The van der Waals surface area contributed by atoms with Gasteiger partial charge in [0.25, 0.3) is 0 Å². The molecule has 0 amide bonds. The molecule has 3 aliphatic carbocycles. The maximum absolute atomic E-state index is 13.3. The average Bonchev–Trinajstić information content (AvgIpc) is 2.91. The second-order valence-electron chi connectivity index (χ2n) is 9.58. The standard InChI is InChI=1S/C32H26O4/c1-19-11-9-17-23-25(19)28-26-20(2)12-10-18-24(26)27(23)29(35-31(33)21-13-5-3-6-14-21)30(28)36-32(34)22-15-7-4-8-16-22/h3-18,27-30H,1-2H3. The number of ether oxygens (including phenoxy) is 2. The van der Waals surface area contributed by atoms with Crippen molar-refractivity contribution in [2.45, 2.75) is 37.9 Å². The first-order valence-electron chi connectivity index (χ1n) is 12.3. The smallest absolute Gasteiger partial charge is 0.338 e. The van der Waals surface area contributed by atoms with Crippen LogP contribution in [0.2, 0.25) is 0 Å². The van der Waals surface area contributed by atoms with Gasteiger partial charge in [-0.1, -0.05) is 72.8 Å². The van der Waals surface area contributed by atoms with Crippen molar-refractivity contribution in [2.24, 2.45) is 0 Å². The van der Waals surface area contributed by atoms with Crippen LogP contribution in [0.5, 0.6) is 0 Å².